The van der Waals surface area contributed by atoms with Gasteiger partial charge in [-0.25, -0.2) is 4.52 Å². The maximum atomic E-state index is 6.42. The second-order valence-electron chi connectivity index (χ2n) is 9.68. The summed E-state index contributed by atoms with van der Waals surface area (Å²) < 4.78 is 16.0. The van der Waals surface area contributed by atoms with E-state index in [9.17, 15) is 0 Å². The third-order valence-corrected chi connectivity index (χ3v) is 8.28. The molecule has 2 aliphatic heterocycles. The molecule has 39 heavy (non-hydrogen) atoms. The highest BCUT2D eigenvalue weighted by Crippen LogP contribution is 2.42. The van der Waals surface area contributed by atoms with Crippen molar-refractivity contribution in [2.75, 3.05) is 18.5 Å². The first-order valence-electron chi connectivity index (χ1n) is 12.9. The molecule has 0 bridgehead atoms. The Hall–Kier alpha value is -3.52. The van der Waals surface area contributed by atoms with E-state index in [1.54, 1.807) is 0 Å². The first-order chi connectivity index (χ1) is 19.1. The Morgan fingerprint density at radius 2 is 1.67 bits per heavy atom. The lowest BCUT2D eigenvalue weighted by Gasteiger charge is -2.19. The molecule has 5 aromatic rings. The molecule has 7 rings (SSSR count). The van der Waals surface area contributed by atoms with Gasteiger partial charge in [-0.15, -0.1) is 5.10 Å². The summed E-state index contributed by atoms with van der Waals surface area (Å²) in [5, 5.41) is 9.63. The largest absolute Gasteiger partial charge is 0.486 e. The minimum Gasteiger partial charge on any atom is -0.486 e. The number of aromatic nitrogens is 3. The van der Waals surface area contributed by atoms with E-state index in [-0.39, 0.29) is 0 Å². The monoisotopic (exact) mass is 574 g/mol. The zero-order valence-corrected chi connectivity index (χ0v) is 23.2. The summed E-state index contributed by atoms with van der Waals surface area (Å²) in [5.74, 6) is 2.34. The number of benzene rings is 3. The molecule has 0 saturated carbocycles. The lowest BCUT2D eigenvalue weighted by Crippen LogP contribution is -2.16. The van der Waals surface area contributed by atoms with E-state index in [4.69, 9.17) is 50.0 Å². The quantitative estimate of drug-likeness (QED) is 0.223. The van der Waals surface area contributed by atoms with Crippen molar-refractivity contribution in [3.63, 3.8) is 0 Å². The van der Waals surface area contributed by atoms with Crippen LogP contribution < -0.4 is 14.8 Å². The van der Waals surface area contributed by atoms with Gasteiger partial charge in [0, 0.05) is 28.9 Å². The second-order valence-corrected chi connectivity index (χ2v) is 10.9. The van der Waals surface area contributed by atoms with E-state index < -0.39 is 0 Å². The summed E-state index contributed by atoms with van der Waals surface area (Å²) in [7, 11) is 0. The Morgan fingerprint density at radius 1 is 0.872 bits per heavy atom. The molecule has 0 spiro atoms. The molecule has 196 valence electrons. The van der Waals surface area contributed by atoms with Crippen LogP contribution in [0.5, 0.6) is 11.5 Å². The van der Waals surface area contributed by atoms with Crippen molar-refractivity contribution in [1.82, 2.24) is 14.2 Å². The van der Waals surface area contributed by atoms with Gasteiger partial charge in [0.05, 0.1) is 10.0 Å². The van der Waals surface area contributed by atoms with Crippen molar-refractivity contribution in [2.45, 2.75) is 25.8 Å². The summed E-state index contributed by atoms with van der Waals surface area (Å²) in [5.41, 5.74) is 7.03. The van der Waals surface area contributed by atoms with Crippen LogP contribution >= 0.6 is 35.4 Å². The molecule has 0 aliphatic carbocycles. The third-order valence-electron chi connectivity index (χ3n) is 7.24. The van der Waals surface area contributed by atoms with E-state index >= 15 is 0 Å². The number of aryl methyl sites for hydroxylation is 2. The van der Waals surface area contributed by atoms with E-state index in [1.807, 2.05) is 59.1 Å². The number of nitrogens with zero attached hydrogens (tertiary/aromatic N) is 3. The standard InChI is InChI=1S/C30H24Cl2N4O2S/c31-22-11-9-19(16-23(22)32)28-34-36-27(29(39)33-20-6-2-1-3-7-20)26(21-8-4-5-13-35(28)30(21)36)18-10-12-24-25(17-18)38-15-14-37-24/h1-3,6-7,9-12,16-17H,4-5,8,13-15H2,(H,33,39). The van der Waals surface area contributed by atoms with Gasteiger partial charge in [0.15, 0.2) is 17.3 Å². The molecular formula is C30H24Cl2N4O2S. The average Bonchev–Trinajstić information content (AvgIpc) is 3.38. The number of anilines is 1. The molecule has 0 radical (unpaired) electrons. The maximum absolute atomic E-state index is 6.42. The fourth-order valence-electron chi connectivity index (χ4n) is 5.52. The first-order valence-corrected chi connectivity index (χ1v) is 14.1. The Labute approximate surface area is 241 Å². The Bertz CT molecular complexity index is 1750. The van der Waals surface area contributed by atoms with Crippen molar-refractivity contribution in [3.8, 4) is 34.0 Å². The molecule has 0 unspecified atom stereocenters. The summed E-state index contributed by atoms with van der Waals surface area (Å²) in [4.78, 5) is 0.596. The maximum Gasteiger partial charge on any atom is 0.162 e. The molecule has 6 nitrogen and oxygen atoms in total. The van der Waals surface area contributed by atoms with Crippen molar-refractivity contribution < 1.29 is 9.47 Å². The number of thiocarbonyl (C=S) groups is 1. The van der Waals surface area contributed by atoms with Gasteiger partial charge in [0.2, 0.25) is 0 Å². The molecule has 0 fully saturated rings. The van der Waals surface area contributed by atoms with Crippen molar-refractivity contribution >= 4 is 51.7 Å². The van der Waals surface area contributed by atoms with Gasteiger partial charge in [-0.05, 0) is 67.3 Å². The number of nitrogens with one attached hydrogen (secondary N) is 1. The summed E-state index contributed by atoms with van der Waals surface area (Å²) in [6, 6.07) is 21.8. The smallest absolute Gasteiger partial charge is 0.162 e. The minimum absolute atomic E-state index is 0.502. The fraction of sp³-hybridized carbons (Fsp3) is 0.200. The number of hydrogen-bond acceptors (Lipinski definition) is 4. The van der Waals surface area contributed by atoms with Gasteiger partial charge < -0.3 is 19.4 Å². The Morgan fingerprint density at radius 3 is 2.49 bits per heavy atom. The molecule has 9 heteroatoms. The lowest BCUT2D eigenvalue weighted by molar-refractivity contribution is 0.171. The lowest BCUT2D eigenvalue weighted by atomic mass is 9.97. The predicted octanol–water partition coefficient (Wildman–Crippen LogP) is 7.67. The Balaban J connectivity index is 1.48. The van der Waals surface area contributed by atoms with E-state index in [0.717, 1.165) is 76.8 Å². The SMILES string of the molecule is S=C(Nc1ccccc1)c1c(-c2ccc3c(c2)OCCO3)c2c3n(c(-c4ccc(Cl)c(Cl)c4)nn13)CCCC2. The van der Waals surface area contributed by atoms with Crippen LogP contribution in [0.25, 0.3) is 28.2 Å². The molecule has 0 amide bonds. The van der Waals surface area contributed by atoms with Gasteiger partial charge in [-0.2, -0.15) is 0 Å². The van der Waals surface area contributed by atoms with Crippen LogP contribution in [0.15, 0.2) is 66.7 Å². The summed E-state index contributed by atoms with van der Waals surface area (Å²) >= 11 is 18.7. The fourth-order valence-corrected chi connectivity index (χ4v) is 6.12. The van der Waals surface area contributed by atoms with Gasteiger partial charge >= 0.3 is 0 Å². The number of fused-ring (bicyclic) bond motifs is 1. The van der Waals surface area contributed by atoms with Gasteiger partial charge in [0.25, 0.3) is 0 Å². The van der Waals surface area contributed by atoms with Crippen LogP contribution in [0.3, 0.4) is 0 Å². The zero-order chi connectivity index (χ0) is 26.5. The normalized spacial score (nSPS) is 14.3. The minimum atomic E-state index is 0.502. The topological polar surface area (TPSA) is 52.7 Å². The highest BCUT2D eigenvalue weighted by molar-refractivity contribution is 7.81. The second kappa shape index (κ2) is 9.90. The van der Waals surface area contributed by atoms with E-state index in [0.29, 0.717) is 28.2 Å². The number of ether oxygens (including phenoxy) is 2. The van der Waals surface area contributed by atoms with E-state index in [2.05, 4.69) is 22.0 Å². The van der Waals surface area contributed by atoms with E-state index in [1.165, 1.54) is 5.56 Å². The van der Waals surface area contributed by atoms with Crippen molar-refractivity contribution in [1.29, 1.82) is 0 Å². The number of para-hydroxylation sites is 1. The van der Waals surface area contributed by atoms with Crippen molar-refractivity contribution in [3.05, 3.63) is 88.0 Å². The first kappa shape index (κ1) is 24.5. The van der Waals surface area contributed by atoms with Crippen LogP contribution in [0.1, 0.15) is 24.1 Å². The number of halogens is 2. The Kier molecular flexibility index (Phi) is 6.22. The molecule has 2 aliphatic rings. The molecule has 4 heterocycles. The van der Waals surface area contributed by atoms with Gasteiger partial charge in [-0.3, -0.25) is 0 Å². The summed E-state index contributed by atoms with van der Waals surface area (Å²) in [6.07, 6.45) is 3.00. The molecule has 3 aromatic carbocycles. The molecule has 1 N–H and O–H groups in total. The number of rotatable bonds is 4. The van der Waals surface area contributed by atoms with Crippen LogP contribution in [0.2, 0.25) is 10.0 Å². The van der Waals surface area contributed by atoms with Crippen LogP contribution in [-0.2, 0) is 13.0 Å². The van der Waals surface area contributed by atoms with Gasteiger partial charge in [-0.1, -0.05) is 59.7 Å². The predicted molar refractivity (Wildman–Crippen MR) is 160 cm³/mol. The molecule has 0 saturated heterocycles. The molecule has 0 atom stereocenters. The summed E-state index contributed by atoms with van der Waals surface area (Å²) in [6.45, 7) is 1.92. The number of hydrogen-bond donors (Lipinski definition) is 1. The highest BCUT2D eigenvalue weighted by Gasteiger charge is 2.30. The molecule has 2 aromatic heterocycles. The average molecular weight is 576 g/mol. The van der Waals surface area contributed by atoms with Crippen LogP contribution in [-0.4, -0.2) is 32.4 Å². The third kappa shape index (κ3) is 4.25. The van der Waals surface area contributed by atoms with Crippen LogP contribution in [0.4, 0.5) is 5.69 Å². The zero-order valence-electron chi connectivity index (χ0n) is 20.9. The van der Waals surface area contributed by atoms with Gasteiger partial charge in [0.1, 0.15) is 29.5 Å². The highest BCUT2D eigenvalue weighted by atomic mass is 35.5. The van der Waals surface area contributed by atoms with Crippen molar-refractivity contribution in [2.24, 2.45) is 0 Å². The van der Waals surface area contributed by atoms with Crippen LogP contribution in [0, 0.1) is 0 Å². The molecular weight excluding hydrogens is 551 g/mol.